The summed E-state index contributed by atoms with van der Waals surface area (Å²) in [4.78, 5) is 12.6. The van der Waals surface area contributed by atoms with Crippen LogP contribution in [-0.4, -0.2) is 25.0 Å². The van der Waals surface area contributed by atoms with Crippen LogP contribution in [0.2, 0.25) is 0 Å². The molecule has 1 heterocycles. The third-order valence-corrected chi connectivity index (χ3v) is 4.59. The molecule has 1 saturated heterocycles. The van der Waals surface area contributed by atoms with E-state index in [4.69, 9.17) is 0 Å². The Balaban J connectivity index is 1.97. The lowest BCUT2D eigenvalue weighted by Gasteiger charge is -2.27. The second-order valence-corrected chi connectivity index (χ2v) is 6.17. The van der Waals surface area contributed by atoms with Crippen LogP contribution in [0, 0.1) is 5.92 Å². The van der Waals surface area contributed by atoms with Gasteiger partial charge < -0.3 is 10.6 Å². The van der Waals surface area contributed by atoms with Gasteiger partial charge in [0.15, 0.2) is 0 Å². The van der Waals surface area contributed by atoms with E-state index in [1.807, 2.05) is 18.2 Å². The smallest absolute Gasteiger partial charge is 0.227 e. The Hall–Kier alpha value is -1.35. The first-order valence-electron chi connectivity index (χ1n) is 8.28. The summed E-state index contributed by atoms with van der Waals surface area (Å²) in [6, 6.07) is 10.6. The number of carbonyl (C=O) groups excluding carboxylic acids is 1. The Morgan fingerprint density at radius 2 is 2.10 bits per heavy atom. The van der Waals surface area contributed by atoms with Crippen molar-refractivity contribution >= 4 is 5.91 Å². The van der Waals surface area contributed by atoms with E-state index in [1.54, 1.807) is 0 Å². The molecule has 1 amide bonds. The maximum Gasteiger partial charge on any atom is 0.227 e. The monoisotopic (exact) mass is 288 g/mol. The number of carbonyl (C=O) groups is 1. The molecule has 3 heteroatoms. The average Bonchev–Trinajstić information content (AvgIpc) is 2.55. The fourth-order valence-electron chi connectivity index (χ4n) is 3.07. The second-order valence-electron chi connectivity index (χ2n) is 6.17. The molecule has 1 fully saturated rings. The van der Waals surface area contributed by atoms with E-state index in [1.165, 1.54) is 19.3 Å². The molecule has 3 unspecified atom stereocenters. The molecule has 2 N–H and O–H groups in total. The van der Waals surface area contributed by atoms with Gasteiger partial charge in [-0.15, -0.1) is 0 Å². The van der Waals surface area contributed by atoms with Gasteiger partial charge in [0.25, 0.3) is 0 Å². The lowest BCUT2D eigenvalue weighted by Crippen LogP contribution is -2.45. The van der Waals surface area contributed by atoms with E-state index in [9.17, 15) is 4.79 Å². The highest BCUT2D eigenvalue weighted by Gasteiger charge is 2.26. The van der Waals surface area contributed by atoms with Crippen molar-refractivity contribution < 1.29 is 4.79 Å². The van der Waals surface area contributed by atoms with Crippen molar-refractivity contribution in [3.05, 3.63) is 35.9 Å². The number of rotatable bonds is 6. The summed E-state index contributed by atoms with van der Waals surface area (Å²) < 4.78 is 0. The molecule has 0 spiro atoms. The van der Waals surface area contributed by atoms with Gasteiger partial charge in [0.2, 0.25) is 5.91 Å². The molecule has 1 aromatic rings. The number of hydrogen-bond donors (Lipinski definition) is 2. The first-order chi connectivity index (χ1) is 10.2. The van der Waals surface area contributed by atoms with Crippen LogP contribution in [0.5, 0.6) is 0 Å². The van der Waals surface area contributed by atoms with Crippen molar-refractivity contribution in [1.29, 1.82) is 0 Å². The third kappa shape index (κ3) is 4.57. The number of hydrogen-bond acceptors (Lipinski definition) is 2. The third-order valence-electron chi connectivity index (χ3n) is 4.59. The molecule has 3 nitrogen and oxygen atoms in total. The molecule has 0 aliphatic carbocycles. The van der Waals surface area contributed by atoms with Crippen LogP contribution in [0.15, 0.2) is 30.3 Å². The zero-order chi connectivity index (χ0) is 15.1. The summed E-state index contributed by atoms with van der Waals surface area (Å²) >= 11 is 0. The molecular weight excluding hydrogens is 260 g/mol. The average molecular weight is 288 g/mol. The van der Waals surface area contributed by atoms with Crippen LogP contribution in [-0.2, 0) is 4.79 Å². The fraction of sp³-hybridized carbons (Fsp3) is 0.611. The molecule has 0 aromatic heterocycles. The highest BCUT2D eigenvalue weighted by Crippen LogP contribution is 2.27. The molecule has 1 aliphatic heterocycles. The van der Waals surface area contributed by atoms with Gasteiger partial charge in [0.05, 0.1) is 5.92 Å². The number of amides is 1. The van der Waals surface area contributed by atoms with E-state index in [-0.39, 0.29) is 11.8 Å². The summed E-state index contributed by atoms with van der Waals surface area (Å²) in [5, 5.41) is 6.65. The maximum atomic E-state index is 12.6. The van der Waals surface area contributed by atoms with Crippen LogP contribution < -0.4 is 10.6 Å². The van der Waals surface area contributed by atoms with E-state index < -0.39 is 0 Å². The normalized spacial score (nSPS) is 21.5. The van der Waals surface area contributed by atoms with E-state index >= 15 is 0 Å². The van der Waals surface area contributed by atoms with Gasteiger partial charge in [-0.25, -0.2) is 0 Å². The van der Waals surface area contributed by atoms with E-state index in [0.717, 1.165) is 25.1 Å². The van der Waals surface area contributed by atoms with Gasteiger partial charge >= 0.3 is 0 Å². The highest BCUT2D eigenvalue weighted by molar-refractivity contribution is 5.84. The van der Waals surface area contributed by atoms with Gasteiger partial charge in [-0.1, -0.05) is 57.0 Å². The van der Waals surface area contributed by atoms with Crippen molar-refractivity contribution in [2.24, 2.45) is 5.92 Å². The van der Waals surface area contributed by atoms with Gasteiger partial charge in [-0.3, -0.25) is 4.79 Å². The molecular formula is C18H28N2O. The summed E-state index contributed by atoms with van der Waals surface area (Å²) in [5.74, 6) is 0.481. The van der Waals surface area contributed by atoms with Gasteiger partial charge in [0.1, 0.15) is 0 Å². The van der Waals surface area contributed by atoms with Crippen LogP contribution in [0.1, 0.15) is 51.0 Å². The largest absolute Gasteiger partial charge is 0.354 e. The summed E-state index contributed by atoms with van der Waals surface area (Å²) in [6.07, 6.45) is 4.69. The van der Waals surface area contributed by atoms with Crippen molar-refractivity contribution in [2.75, 3.05) is 13.1 Å². The summed E-state index contributed by atoms with van der Waals surface area (Å²) in [7, 11) is 0. The maximum absolute atomic E-state index is 12.6. The van der Waals surface area contributed by atoms with Gasteiger partial charge in [-0.2, -0.15) is 0 Å². The van der Waals surface area contributed by atoms with Crippen LogP contribution in [0.4, 0.5) is 0 Å². The van der Waals surface area contributed by atoms with Crippen molar-refractivity contribution in [1.82, 2.24) is 10.6 Å². The van der Waals surface area contributed by atoms with Crippen molar-refractivity contribution in [2.45, 2.75) is 51.5 Å². The quantitative estimate of drug-likeness (QED) is 0.844. The molecule has 116 valence electrons. The Morgan fingerprint density at radius 1 is 1.33 bits per heavy atom. The summed E-state index contributed by atoms with van der Waals surface area (Å²) in [6.45, 7) is 6.14. The SMILES string of the molecule is CCC(C)C(C(=O)NCC1CCCCN1)c1ccccc1. The standard InChI is InChI=1S/C18H28N2O/c1-3-14(2)17(15-9-5-4-6-10-15)18(21)20-13-16-11-7-8-12-19-16/h4-6,9-10,14,16-17,19H,3,7-8,11-13H2,1-2H3,(H,20,21). The number of piperidine rings is 1. The van der Waals surface area contributed by atoms with Crippen LogP contribution in [0.25, 0.3) is 0 Å². The Bertz CT molecular complexity index is 426. The Kier molecular flexibility index (Phi) is 6.24. The number of nitrogens with one attached hydrogen (secondary N) is 2. The van der Waals surface area contributed by atoms with Crippen molar-refractivity contribution in [3.8, 4) is 0 Å². The minimum Gasteiger partial charge on any atom is -0.354 e. The molecule has 3 atom stereocenters. The zero-order valence-electron chi connectivity index (χ0n) is 13.3. The first kappa shape index (κ1) is 16.0. The van der Waals surface area contributed by atoms with E-state index in [0.29, 0.717) is 12.0 Å². The minimum atomic E-state index is -0.0419. The first-order valence-corrected chi connectivity index (χ1v) is 8.28. The van der Waals surface area contributed by atoms with Crippen LogP contribution in [0.3, 0.4) is 0 Å². The Morgan fingerprint density at radius 3 is 2.71 bits per heavy atom. The van der Waals surface area contributed by atoms with Gasteiger partial charge in [0, 0.05) is 12.6 Å². The molecule has 21 heavy (non-hydrogen) atoms. The molecule has 1 aliphatic rings. The molecule has 0 radical (unpaired) electrons. The molecule has 2 rings (SSSR count). The zero-order valence-corrected chi connectivity index (χ0v) is 13.3. The lowest BCUT2D eigenvalue weighted by molar-refractivity contribution is -0.123. The van der Waals surface area contributed by atoms with Crippen LogP contribution >= 0.6 is 0 Å². The topological polar surface area (TPSA) is 41.1 Å². The minimum absolute atomic E-state index is 0.0419. The Labute approximate surface area is 128 Å². The number of benzene rings is 1. The molecule has 1 aromatic carbocycles. The predicted molar refractivity (Wildman–Crippen MR) is 87.3 cm³/mol. The van der Waals surface area contributed by atoms with Gasteiger partial charge in [-0.05, 0) is 30.9 Å². The highest BCUT2D eigenvalue weighted by atomic mass is 16.1. The fourth-order valence-corrected chi connectivity index (χ4v) is 3.07. The molecule has 0 saturated carbocycles. The van der Waals surface area contributed by atoms with E-state index in [2.05, 4.69) is 36.6 Å². The van der Waals surface area contributed by atoms with Crippen molar-refractivity contribution in [3.63, 3.8) is 0 Å². The summed E-state index contributed by atoms with van der Waals surface area (Å²) in [5.41, 5.74) is 1.13. The predicted octanol–water partition coefficient (Wildman–Crippen LogP) is 3.07. The second kappa shape index (κ2) is 8.18. The lowest BCUT2D eigenvalue weighted by atomic mass is 9.85. The molecule has 0 bridgehead atoms.